The number of amides is 5. The number of hydrogen-bond acceptors (Lipinski definition) is 15. The first-order valence-corrected chi connectivity index (χ1v) is 29.6. The number of anilines is 4. The molecule has 13 rings (SSSR count). The fraction of sp³-hybridized carbons (Fsp3) is 0.306. The number of rotatable bonds is 15. The van der Waals surface area contributed by atoms with Crippen molar-refractivity contribution < 1.29 is 28.2 Å². The molecule has 0 spiro atoms. The highest BCUT2D eigenvalue weighted by atomic mass is 79.9. The van der Waals surface area contributed by atoms with E-state index in [9.17, 15) is 14.4 Å². The third kappa shape index (κ3) is 13.9. The summed E-state index contributed by atoms with van der Waals surface area (Å²) >= 11 is 3.13. The largest absolute Gasteiger partial charge is 0.445 e. The Morgan fingerprint density at radius 2 is 1.07 bits per heavy atom. The number of ether oxygens (including phenoxy) is 1. The van der Waals surface area contributed by atoms with Crippen molar-refractivity contribution in [2.24, 2.45) is 5.73 Å². The van der Waals surface area contributed by atoms with Crippen LogP contribution >= 0.6 is 39.7 Å². The van der Waals surface area contributed by atoms with Gasteiger partial charge in [0.05, 0.1) is 22.4 Å². The van der Waals surface area contributed by atoms with Crippen LogP contribution in [-0.4, -0.2) is 68.3 Å². The molecule has 5 amide bonds. The molecule has 3 aromatic carbocycles. The molecule has 2 aliphatic carbocycles. The minimum Gasteiger partial charge on any atom is -0.445 e. The zero-order valence-electron chi connectivity index (χ0n) is 47.8. The summed E-state index contributed by atoms with van der Waals surface area (Å²) in [4.78, 5) is 60.4. The van der Waals surface area contributed by atoms with Crippen molar-refractivity contribution in [2.45, 2.75) is 121 Å². The molecule has 20 nitrogen and oxygen atoms in total. The number of benzene rings is 3. The molecular formula is C62H65BrN14O6S2. The van der Waals surface area contributed by atoms with Crippen molar-refractivity contribution in [3.63, 3.8) is 0 Å². The predicted octanol–water partition coefficient (Wildman–Crippen LogP) is 14.5. The van der Waals surface area contributed by atoms with Crippen molar-refractivity contribution in [2.75, 3.05) is 21.3 Å². The number of urea groups is 2. The fourth-order valence-electron chi connectivity index (χ4n) is 9.51. The first-order valence-electron chi connectivity index (χ1n) is 27.9. The van der Waals surface area contributed by atoms with Gasteiger partial charge >= 0.3 is 18.2 Å². The number of carbonyl (C=O) groups excluding carboxylic acids is 3. The number of nitrogens with two attached hydrogens (primary N) is 1. The number of halogens is 1. The minimum atomic E-state index is -0.405. The average molecular weight is 1250 g/mol. The van der Waals surface area contributed by atoms with Gasteiger partial charge in [0, 0.05) is 80.3 Å². The van der Waals surface area contributed by atoms with Gasteiger partial charge in [0.2, 0.25) is 0 Å². The molecule has 8 aromatic heterocycles. The third-order valence-electron chi connectivity index (χ3n) is 15.0. The first kappa shape index (κ1) is 58.3. The second-order valence-corrected chi connectivity index (χ2v) is 25.7. The summed E-state index contributed by atoms with van der Waals surface area (Å²) < 4.78 is 20.2. The molecule has 0 unspecified atom stereocenters. The maximum absolute atomic E-state index is 12.5. The number of nitrogens with one attached hydrogen (secondary N) is 5. The molecule has 0 bridgehead atoms. The molecule has 23 heteroatoms. The van der Waals surface area contributed by atoms with Crippen molar-refractivity contribution in [3.8, 4) is 22.5 Å². The molecule has 2 aliphatic rings. The molecule has 2 fully saturated rings. The maximum Gasteiger partial charge on any atom is 0.407 e. The number of aryl methyl sites for hydroxylation is 2. The van der Waals surface area contributed by atoms with Crippen LogP contribution in [0, 0.1) is 0 Å². The molecule has 85 heavy (non-hydrogen) atoms. The molecule has 0 aliphatic heterocycles. The van der Waals surface area contributed by atoms with Crippen LogP contribution in [0.2, 0.25) is 0 Å². The molecule has 8 heterocycles. The van der Waals surface area contributed by atoms with Gasteiger partial charge in [0.25, 0.3) is 0 Å². The SMILES string of the molecule is Br.CC(C)(C)c1cc(NC(=O)Nc2ccc(-c3cn4c(n3)sc3nc(CCC5(N)CC5)ccc34)cc2)no1.CC(C)(C)c1cc(NC(=O)Nc2ccc(-c3cn4c(n3)sc3nc(CCC5(NC(=O)OCc6ccccc6)CC5)ccc34)cc2)no1. The van der Waals surface area contributed by atoms with Crippen LogP contribution in [-0.2, 0) is 35.0 Å². The zero-order valence-corrected chi connectivity index (χ0v) is 51.2. The van der Waals surface area contributed by atoms with E-state index >= 15 is 0 Å². The predicted molar refractivity (Wildman–Crippen MR) is 338 cm³/mol. The normalized spacial score (nSPS) is 14.1. The van der Waals surface area contributed by atoms with Crippen LogP contribution in [0.5, 0.6) is 0 Å². The Kier molecular flexibility index (Phi) is 16.1. The van der Waals surface area contributed by atoms with Crippen LogP contribution in [0.1, 0.15) is 109 Å². The van der Waals surface area contributed by atoms with Crippen LogP contribution in [0.25, 0.3) is 53.1 Å². The van der Waals surface area contributed by atoms with Gasteiger partial charge in [-0.25, -0.2) is 34.3 Å². The summed E-state index contributed by atoms with van der Waals surface area (Å²) in [7, 11) is 0. The second-order valence-electron chi connectivity index (χ2n) is 23.8. The summed E-state index contributed by atoms with van der Waals surface area (Å²) in [6.45, 7) is 12.4. The van der Waals surface area contributed by atoms with Gasteiger partial charge in [-0.3, -0.25) is 19.4 Å². The average Bonchev–Trinajstić information content (AvgIpc) is 1.86. The van der Waals surface area contributed by atoms with E-state index in [0.717, 1.165) is 121 Å². The summed E-state index contributed by atoms with van der Waals surface area (Å²) in [5.74, 6) is 2.12. The minimum absolute atomic E-state index is 0. The van der Waals surface area contributed by atoms with Gasteiger partial charge in [-0.05, 0) is 105 Å². The summed E-state index contributed by atoms with van der Waals surface area (Å²) in [5.41, 5.74) is 15.6. The number of imidazole rings is 2. The number of carbonyl (C=O) groups is 3. The van der Waals surface area contributed by atoms with Crippen LogP contribution in [0.4, 0.5) is 37.4 Å². The lowest BCUT2D eigenvalue weighted by Gasteiger charge is -2.17. The van der Waals surface area contributed by atoms with E-state index in [-0.39, 0.29) is 57.6 Å². The van der Waals surface area contributed by atoms with Crippen molar-refractivity contribution in [1.82, 2.24) is 44.4 Å². The summed E-state index contributed by atoms with van der Waals surface area (Å²) in [6, 6.07) is 35.8. The van der Waals surface area contributed by atoms with E-state index in [1.165, 1.54) is 0 Å². The Morgan fingerprint density at radius 3 is 1.51 bits per heavy atom. The molecule has 7 N–H and O–H groups in total. The Bertz CT molecular complexity index is 4200. The Hall–Kier alpha value is -8.51. The van der Waals surface area contributed by atoms with Gasteiger partial charge < -0.3 is 35.5 Å². The van der Waals surface area contributed by atoms with Gasteiger partial charge in [0.15, 0.2) is 21.6 Å². The number of aromatic nitrogens is 8. The molecule has 0 saturated heterocycles. The lowest BCUT2D eigenvalue weighted by Crippen LogP contribution is -2.37. The lowest BCUT2D eigenvalue weighted by molar-refractivity contribution is 0.133. The van der Waals surface area contributed by atoms with Crippen LogP contribution < -0.4 is 32.3 Å². The third-order valence-corrected chi connectivity index (χ3v) is 16.9. The van der Waals surface area contributed by atoms with E-state index in [0.29, 0.717) is 34.5 Å². The fourth-order valence-corrected chi connectivity index (χ4v) is 11.5. The number of pyridine rings is 2. The van der Waals surface area contributed by atoms with Gasteiger partial charge in [0.1, 0.15) is 27.8 Å². The maximum atomic E-state index is 12.5. The van der Waals surface area contributed by atoms with Gasteiger partial charge in [-0.2, -0.15) is 0 Å². The highest BCUT2D eigenvalue weighted by Gasteiger charge is 2.44. The summed E-state index contributed by atoms with van der Waals surface area (Å²) in [5, 5.41) is 22.0. The van der Waals surface area contributed by atoms with Gasteiger partial charge in [-0.1, -0.05) is 129 Å². The van der Waals surface area contributed by atoms with E-state index in [2.05, 4.69) is 63.9 Å². The van der Waals surface area contributed by atoms with Crippen molar-refractivity contribution in [1.29, 1.82) is 0 Å². The second kappa shape index (κ2) is 23.5. The molecular weight excluding hydrogens is 1180 g/mol. The smallest absolute Gasteiger partial charge is 0.407 e. The molecule has 438 valence electrons. The zero-order chi connectivity index (χ0) is 58.4. The van der Waals surface area contributed by atoms with Crippen molar-refractivity contribution in [3.05, 3.63) is 156 Å². The van der Waals surface area contributed by atoms with E-state index < -0.39 is 6.03 Å². The number of thiazole rings is 2. The topological polar surface area (TPSA) is 259 Å². The first-order chi connectivity index (χ1) is 40.3. The monoisotopic (exact) mass is 1240 g/mol. The molecule has 0 radical (unpaired) electrons. The van der Waals surface area contributed by atoms with Crippen LogP contribution in [0.3, 0.4) is 0 Å². The number of nitrogens with zero attached hydrogens (tertiary/aromatic N) is 8. The summed E-state index contributed by atoms with van der Waals surface area (Å²) in [6.07, 6.45) is 11.3. The number of alkyl carbamates (subject to hydrolysis) is 1. The Balaban J connectivity index is 0.000000180. The number of fused-ring (bicyclic) bond motifs is 6. The molecule has 2 saturated carbocycles. The molecule has 0 atom stereocenters. The molecule has 11 aromatic rings. The van der Waals surface area contributed by atoms with Gasteiger partial charge in [-0.15, -0.1) is 17.0 Å². The standard InChI is InChI=1S/C35H35N7O4S.C27H29N7O2S.BrH/c1-34(2,3)28-19-29(41-46-28)39-31(43)37-24-11-9-23(10-12-24)26-20-42-27-14-13-25(36-30(27)47-32(42)38-26)15-16-35(17-18-35)40-33(44)45-21-22-7-5-4-6-8-22;1-26(2,3)21-14-22(33-36-21)32-24(35)30-17-6-4-16(5-7-17)19-15-34-20-9-8-18(10-11-27(28)12-13-27)29-23(20)37-25(34)31-19;/h4-14,19-20H,15-18,21H2,1-3H3,(H,40,44)(H2,37,39,41,43);4-9,14-15H,10-13,28H2,1-3H3,(H2,30,32,33,35);1H. The Labute approximate surface area is 508 Å². The quantitative estimate of drug-likeness (QED) is 0.0559. The lowest BCUT2D eigenvalue weighted by atomic mass is 9.93. The highest BCUT2D eigenvalue weighted by molar-refractivity contribution is 8.93. The Morgan fingerprint density at radius 1 is 0.600 bits per heavy atom. The van der Waals surface area contributed by atoms with E-state index in [1.807, 2.05) is 139 Å². The number of hydrogen-bond donors (Lipinski definition) is 6. The van der Waals surface area contributed by atoms with Crippen molar-refractivity contribution >= 4 is 111 Å². The highest BCUT2D eigenvalue weighted by Crippen LogP contribution is 2.41. The van der Waals surface area contributed by atoms with E-state index in [1.54, 1.807) is 34.8 Å². The van der Waals surface area contributed by atoms with Crippen LogP contribution in [0.15, 0.2) is 137 Å². The van der Waals surface area contributed by atoms with E-state index in [4.69, 9.17) is 39.5 Å².